The predicted octanol–water partition coefficient (Wildman–Crippen LogP) is 1.56. The molecule has 3 aromatic rings. The highest BCUT2D eigenvalue weighted by Crippen LogP contribution is 2.21. The Morgan fingerprint density at radius 1 is 1.22 bits per heavy atom. The van der Waals surface area contributed by atoms with Gasteiger partial charge in [-0.05, 0) is 18.2 Å². The number of rotatable bonds is 2. The minimum atomic E-state index is 0.199. The summed E-state index contributed by atoms with van der Waals surface area (Å²) < 4.78 is 1.70. The van der Waals surface area contributed by atoms with Crippen LogP contribution in [0.1, 0.15) is 5.56 Å². The van der Waals surface area contributed by atoms with Gasteiger partial charge in [0, 0.05) is 23.9 Å². The van der Waals surface area contributed by atoms with Crippen molar-refractivity contribution in [1.82, 2.24) is 14.6 Å². The zero-order chi connectivity index (χ0) is 12.5. The lowest BCUT2D eigenvalue weighted by molar-refractivity contribution is 0.475. The Hall–Kier alpha value is -2.40. The number of benzene rings is 1. The first-order valence-corrected chi connectivity index (χ1v) is 5.61. The number of fused-ring (bicyclic) bond motifs is 1. The summed E-state index contributed by atoms with van der Waals surface area (Å²) in [5.74, 6) is 0.775. The molecule has 0 amide bonds. The standard InChI is InChI=1S/C13H12N4O/c14-8-10-4-2-6-17-13(10)15-12(16-17)9-3-1-5-11(18)7-9/h1-7,18H,8,14H2. The zero-order valence-electron chi connectivity index (χ0n) is 9.61. The molecular formula is C13H12N4O. The summed E-state index contributed by atoms with van der Waals surface area (Å²) in [6.45, 7) is 0.419. The van der Waals surface area contributed by atoms with Gasteiger partial charge in [0.15, 0.2) is 11.5 Å². The molecule has 3 N–H and O–H groups in total. The third-order valence-corrected chi connectivity index (χ3v) is 2.77. The smallest absolute Gasteiger partial charge is 0.182 e. The number of pyridine rings is 1. The molecule has 0 fully saturated rings. The highest BCUT2D eigenvalue weighted by molar-refractivity contribution is 5.61. The van der Waals surface area contributed by atoms with Crippen LogP contribution in [0.5, 0.6) is 5.75 Å². The normalized spacial score (nSPS) is 10.9. The van der Waals surface area contributed by atoms with Gasteiger partial charge < -0.3 is 10.8 Å². The van der Waals surface area contributed by atoms with Gasteiger partial charge in [0.2, 0.25) is 0 Å². The van der Waals surface area contributed by atoms with E-state index in [2.05, 4.69) is 10.1 Å². The Kier molecular flexibility index (Phi) is 2.46. The maximum atomic E-state index is 9.47. The maximum Gasteiger partial charge on any atom is 0.182 e. The molecule has 0 saturated heterocycles. The van der Waals surface area contributed by atoms with Gasteiger partial charge in [-0.2, -0.15) is 0 Å². The number of nitrogens with zero attached hydrogens (tertiary/aromatic N) is 3. The monoisotopic (exact) mass is 240 g/mol. The van der Waals surface area contributed by atoms with Gasteiger partial charge in [0.25, 0.3) is 0 Å². The molecule has 0 unspecified atom stereocenters. The Morgan fingerprint density at radius 2 is 2.11 bits per heavy atom. The van der Waals surface area contributed by atoms with Crippen LogP contribution < -0.4 is 5.73 Å². The van der Waals surface area contributed by atoms with Crippen LogP contribution >= 0.6 is 0 Å². The lowest BCUT2D eigenvalue weighted by Gasteiger charge is -1.96. The molecule has 0 aliphatic heterocycles. The van der Waals surface area contributed by atoms with E-state index < -0.39 is 0 Å². The molecule has 1 aromatic carbocycles. The van der Waals surface area contributed by atoms with Crippen LogP contribution in [0.3, 0.4) is 0 Å². The molecule has 5 heteroatoms. The molecule has 90 valence electrons. The van der Waals surface area contributed by atoms with Crippen LogP contribution in [-0.2, 0) is 6.54 Å². The largest absolute Gasteiger partial charge is 0.508 e. The number of nitrogens with two attached hydrogens (primary N) is 1. The van der Waals surface area contributed by atoms with E-state index in [0.717, 1.165) is 16.8 Å². The fourth-order valence-electron chi connectivity index (χ4n) is 1.89. The Balaban J connectivity index is 2.19. The lowest BCUT2D eigenvalue weighted by atomic mass is 10.2. The molecule has 0 atom stereocenters. The van der Waals surface area contributed by atoms with Gasteiger partial charge in [-0.15, -0.1) is 5.10 Å². The first-order chi connectivity index (χ1) is 8.78. The topological polar surface area (TPSA) is 76.4 Å². The Morgan fingerprint density at radius 3 is 2.89 bits per heavy atom. The summed E-state index contributed by atoms with van der Waals surface area (Å²) in [6.07, 6.45) is 1.83. The van der Waals surface area contributed by atoms with E-state index in [1.165, 1.54) is 0 Å². The van der Waals surface area contributed by atoms with Crippen LogP contribution in [0.25, 0.3) is 17.0 Å². The van der Waals surface area contributed by atoms with Crippen molar-refractivity contribution in [2.75, 3.05) is 0 Å². The van der Waals surface area contributed by atoms with E-state index in [9.17, 15) is 5.11 Å². The molecule has 18 heavy (non-hydrogen) atoms. The molecule has 0 bridgehead atoms. The van der Waals surface area contributed by atoms with Crippen LogP contribution in [0.15, 0.2) is 42.6 Å². The SMILES string of the molecule is NCc1cccn2nc(-c3cccc(O)c3)nc12. The molecule has 0 radical (unpaired) electrons. The second kappa shape index (κ2) is 4.12. The summed E-state index contributed by atoms with van der Waals surface area (Å²) in [7, 11) is 0. The van der Waals surface area contributed by atoms with Crippen molar-refractivity contribution in [3.63, 3.8) is 0 Å². The van der Waals surface area contributed by atoms with Crippen molar-refractivity contribution >= 4 is 5.65 Å². The van der Waals surface area contributed by atoms with Crippen molar-refractivity contribution in [1.29, 1.82) is 0 Å². The third-order valence-electron chi connectivity index (χ3n) is 2.77. The molecule has 2 heterocycles. The van der Waals surface area contributed by atoms with Crippen molar-refractivity contribution in [3.05, 3.63) is 48.2 Å². The van der Waals surface area contributed by atoms with E-state index in [1.807, 2.05) is 24.4 Å². The maximum absolute atomic E-state index is 9.47. The number of phenols is 1. The Bertz CT molecular complexity index is 705. The first-order valence-electron chi connectivity index (χ1n) is 5.61. The number of aromatic nitrogens is 3. The first kappa shape index (κ1) is 10.7. The second-order valence-corrected chi connectivity index (χ2v) is 3.99. The van der Waals surface area contributed by atoms with Gasteiger partial charge in [-0.25, -0.2) is 9.50 Å². The fraction of sp³-hybridized carbons (Fsp3) is 0.0769. The molecule has 3 rings (SSSR count). The van der Waals surface area contributed by atoms with Gasteiger partial charge in [-0.3, -0.25) is 0 Å². The minimum Gasteiger partial charge on any atom is -0.508 e. The molecular weight excluding hydrogens is 228 g/mol. The van der Waals surface area contributed by atoms with E-state index >= 15 is 0 Å². The molecule has 0 saturated carbocycles. The average molecular weight is 240 g/mol. The molecule has 2 aromatic heterocycles. The van der Waals surface area contributed by atoms with Crippen molar-refractivity contribution in [2.24, 2.45) is 5.73 Å². The summed E-state index contributed by atoms with van der Waals surface area (Å²) in [5, 5.41) is 13.8. The van der Waals surface area contributed by atoms with Gasteiger partial charge in [0.05, 0.1) is 0 Å². The van der Waals surface area contributed by atoms with Crippen molar-refractivity contribution in [2.45, 2.75) is 6.54 Å². The zero-order valence-corrected chi connectivity index (χ0v) is 9.61. The van der Waals surface area contributed by atoms with E-state index in [0.29, 0.717) is 12.4 Å². The van der Waals surface area contributed by atoms with Crippen molar-refractivity contribution in [3.8, 4) is 17.1 Å². The third kappa shape index (κ3) is 1.70. The number of phenolic OH excluding ortho intramolecular Hbond substituents is 1. The van der Waals surface area contributed by atoms with E-state index in [4.69, 9.17) is 5.73 Å². The van der Waals surface area contributed by atoms with Crippen LogP contribution in [0.4, 0.5) is 0 Å². The Labute approximate surface area is 104 Å². The van der Waals surface area contributed by atoms with Crippen molar-refractivity contribution < 1.29 is 5.11 Å². The lowest BCUT2D eigenvalue weighted by Crippen LogP contribution is -1.99. The van der Waals surface area contributed by atoms with Gasteiger partial charge >= 0.3 is 0 Å². The molecule has 5 nitrogen and oxygen atoms in total. The minimum absolute atomic E-state index is 0.199. The summed E-state index contributed by atoms with van der Waals surface area (Å²) >= 11 is 0. The van der Waals surface area contributed by atoms with Crippen LogP contribution in [0, 0.1) is 0 Å². The molecule has 0 aliphatic rings. The highest BCUT2D eigenvalue weighted by Gasteiger charge is 2.09. The van der Waals surface area contributed by atoms with Gasteiger partial charge in [-0.1, -0.05) is 18.2 Å². The number of aromatic hydroxyl groups is 1. The van der Waals surface area contributed by atoms with E-state index in [-0.39, 0.29) is 5.75 Å². The summed E-state index contributed by atoms with van der Waals surface area (Å²) in [6, 6.07) is 10.7. The fourth-order valence-corrected chi connectivity index (χ4v) is 1.89. The highest BCUT2D eigenvalue weighted by atomic mass is 16.3. The summed E-state index contributed by atoms with van der Waals surface area (Å²) in [5.41, 5.74) is 8.14. The van der Waals surface area contributed by atoms with Crippen LogP contribution in [0.2, 0.25) is 0 Å². The number of hydrogen-bond donors (Lipinski definition) is 2. The number of hydrogen-bond acceptors (Lipinski definition) is 4. The molecule has 0 spiro atoms. The average Bonchev–Trinajstić information content (AvgIpc) is 2.82. The second-order valence-electron chi connectivity index (χ2n) is 3.99. The quantitative estimate of drug-likeness (QED) is 0.712. The molecule has 0 aliphatic carbocycles. The summed E-state index contributed by atoms with van der Waals surface area (Å²) in [4.78, 5) is 4.46. The van der Waals surface area contributed by atoms with E-state index in [1.54, 1.807) is 22.7 Å². The van der Waals surface area contributed by atoms with Gasteiger partial charge in [0.1, 0.15) is 5.75 Å². The predicted molar refractivity (Wildman–Crippen MR) is 68.0 cm³/mol. The van der Waals surface area contributed by atoms with Crippen LogP contribution in [-0.4, -0.2) is 19.7 Å².